The fraction of sp³-hybridized carbons (Fsp3) is 0.400. The zero-order valence-electron chi connectivity index (χ0n) is 7.65. The molecule has 0 aliphatic heterocycles. The molecule has 0 unspecified atom stereocenters. The number of H-pyrrole nitrogens is 1. The largest absolute Gasteiger partial charge is 0.359 e. The standard InChI is InChI=1S/C10H15N/c1-5-9-7(3)8(4)11-10(9)6-2/h5-6,11H,1-4H3/b9-5-,10-6+. The highest BCUT2D eigenvalue weighted by Crippen LogP contribution is 1.91. The van der Waals surface area contributed by atoms with Crippen LogP contribution in [0.2, 0.25) is 0 Å². The summed E-state index contributed by atoms with van der Waals surface area (Å²) >= 11 is 0. The highest BCUT2D eigenvalue weighted by atomic mass is 14.7. The minimum Gasteiger partial charge on any atom is -0.359 e. The Morgan fingerprint density at radius 1 is 1.09 bits per heavy atom. The van der Waals surface area contributed by atoms with Gasteiger partial charge in [-0.05, 0) is 38.5 Å². The predicted molar refractivity (Wildman–Crippen MR) is 49.8 cm³/mol. The number of hydrogen-bond acceptors (Lipinski definition) is 0. The first-order valence-corrected chi connectivity index (χ1v) is 3.98. The van der Waals surface area contributed by atoms with Crippen LogP contribution in [0.5, 0.6) is 0 Å². The Bertz CT molecular complexity index is 355. The molecule has 0 saturated carbocycles. The number of aryl methyl sites for hydroxylation is 1. The Labute approximate surface area is 67.5 Å². The van der Waals surface area contributed by atoms with Crippen LogP contribution in [0.3, 0.4) is 0 Å². The molecule has 1 aromatic rings. The van der Waals surface area contributed by atoms with Gasteiger partial charge in [-0.2, -0.15) is 0 Å². The lowest BCUT2D eigenvalue weighted by atomic mass is 10.2. The van der Waals surface area contributed by atoms with Gasteiger partial charge >= 0.3 is 0 Å². The highest BCUT2D eigenvalue weighted by molar-refractivity contribution is 5.34. The van der Waals surface area contributed by atoms with Gasteiger partial charge in [-0.15, -0.1) is 0 Å². The lowest BCUT2D eigenvalue weighted by Crippen LogP contribution is -2.22. The minimum atomic E-state index is 1.24. The molecular weight excluding hydrogens is 134 g/mol. The second-order valence-corrected chi connectivity index (χ2v) is 2.78. The monoisotopic (exact) mass is 149 g/mol. The average Bonchev–Trinajstić information content (AvgIpc) is 2.28. The third kappa shape index (κ3) is 1.23. The lowest BCUT2D eigenvalue weighted by Gasteiger charge is -1.84. The summed E-state index contributed by atoms with van der Waals surface area (Å²) in [7, 11) is 0. The normalized spacial score (nSPS) is 14.5. The first kappa shape index (κ1) is 8.12. The topological polar surface area (TPSA) is 15.8 Å². The zero-order valence-corrected chi connectivity index (χ0v) is 7.65. The maximum atomic E-state index is 3.33. The number of aromatic nitrogens is 1. The number of hydrogen-bond donors (Lipinski definition) is 1. The Kier molecular flexibility index (Phi) is 2.18. The Morgan fingerprint density at radius 2 is 1.73 bits per heavy atom. The fourth-order valence-electron chi connectivity index (χ4n) is 1.37. The van der Waals surface area contributed by atoms with Crippen molar-refractivity contribution in [3.63, 3.8) is 0 Å². The molecule has 0 bridgehead atoms. The van der Waals surface area contributed by atoms with Crippen LogP contribution in [0.1, 0.15) is 25.1 Å². The number of rotatable bonds is 0. The van der Waals surface area contributed by atoms with Crippen LogP contribution in [0.15, 0.2) is 0 Å². The smallest absolute Gasteiger partial charge is 0.0412 e. The molecule has 0 spiro atoms. The summed E-state index contributed by atoms with van der Waals surface area (Å²) < 4.78 is 0. The molecule has 0 aromatic carbocycles. The minimum absolute atomic E-state index is 1.24. The SMILES string of the molecule is C/C=c1/c(C)c(C)[nH]/c1=C/C. The van der Waals surface area contributed by atoms with Gasteiger partial charge in [-0.3, -0.25) is 0 Å². The van der Waals surface area contributed by atoms with Gasteiger partial charge in [0, 0.05) is 11.0 Å². The molecule has 1 heteroatoms. The van der Waals surface area contributed by atoms with E-state index >= 15 is 0 Å². The van der Waals surface area contributed by atoms with Gasteiger partial charge in [0.25, 0.3) is 0 Å². The Hall–Kier alpha value is -0.980. The molecule has 1 N–H and O–H groups in total. The first-order chi connectivity index (χ1) is 5.20. The molecule has 0 fully saturated rings. The van der Waals surface area contributed by atoms with Gasteiger partial charge in [0.15, 0.2) is 0 Å². The Morgan fingerprint density at radius 3 is 2.09 bits per heavy atom. The van der Waals surface area contributed by atoms with Crippen LogP contribution >= 0.6 is 0 Å². The van der Waals surface area contributed by atoms with Crippen LogP contribution in [-0.2, 0) is 0 Å². The summed E-state index contributed by atoms with van der Waals surface area (Å²) in [6.07, 6.45) is 4.25. The molecule has 1 heterocycles. The molecule has 11 heavy (non-hydrogen) atoms. The molecule has 1 rings (SSSR count). The predicted octanol–water partition coefficient (Wildman–Crippen LogP) is 1.23. The average molecular weight is 149 g/mol. The van der Waals surface area contributed by atoms with Crippen molar-refractivity contribution in [3.8, 4) is 0 Å². The van der Waals surface area contributed by atoms with Crippen molar-refractivity contribution in [2.75, 3.05) is 0 Å². The second kappa shape index (κ2) is 2.95. The summed E-state index contributed by atoms with van der Waals surface area (Å²) in [6.45, 7) is 8.38. The van der Waals surface area contributed by atoms with Crippen LogP contribution in [0.25, 0.3) is 12.2 Å². The molecular formula is C10H15N. The molecule has 0 saturated heterocycles. The highest BCUT2D eigenvalue weighted by Gasteiger charge is 1.96. The molecule has 0 radical (unpaired) electrons. The Balaban J connectivity index is 3.67. The first-order valence-electron chi connectivity index (χ1n) is 3.98. The van der Waals surface area contributed by atoms with Gasteiger partial charge in [-0.25, -0.2) is 0 Å². The summed E-state index contributed by atoms with van der Waals surface area (Å²) in [5.41, 5.74) is 2.63. The third-order valence-electron chi connectivity index (χ3n) is 2.16. The molecule has 0 aliphatic rings. The molecule has 0 amide bonds. The van der Waals surface area contributed by atoms with E-state index in [1.54, 1.807) is 0 Å². The van der Waals surface area contributed by atoms with Crippen molar-refractivity contribution in [2.45, 2.75) is 27.7 Å². The summed E-state index contributed by atoms with van der Waals surface area (Å²) in [6, 6.07) is 0. The third-order valence-corrected chi connectivity index (χ3v) is 2.16. The van der Waals surface area contributed by atoms with Crippen molar-refractivity contribution in [3.05, 3.63) is 21.8 Å². The lowest BCUT2D eigenvalue weighted by molar-refractivity contribution is 1.20. The van der Waals surface area contributed by atoms with Crippen molar-refractivity contribution < 1.29 is 0 Å². The van der Waals surface area contributed by atoms with E-state index in [0.29, 0.717) is 0 Å². The van der Waals surface area contributed by atoms with E-state index in [4.69, 9.17) is 0 Å². The molecule has 0 atom stereocenters. The van der Waals surface area contributed by atoms with E-state index in [0.717, 1.165) is 0 Å². The quantitative estimate of drug-likeness (QED) is 0.571. The van der Waals surface area contributed by atoms with Crippen molar-refractivity contribution in [1.82, 2.24) is 4.98 Å². The van der Waals surface area contributed by atoms with Gasteiger partial charge in [0.1, 0.15) is 0 Å². The maximum Gasteiger partial charge on any atom is 0.0412 e. The molecule has 1 nitrogen and oxygen atoms in total. The maximum absolute atomic E-state index is 3.33. The summed E-state index contributed by atoms with van der Waals surface area (Å²) in [5, 5.41) is 2.58. The van der Waals surface area contributed by atoms with Crippen molar-refractivity contribution >= 4 is 12.2 Å². The van der Waals surface area contributed by atoms with E-state index in [2.05, 4.69) is 44.8 Å². The van der Waals surface area contributed by atoms with E-state index in [1.807, 2.05) is 0 Å². The van der Waals surface area contributed by atoms with Crippen LogP contribution < -0.4 is 10.6 Å². The molecule has 1 aromatic heterocycles. The van der Waals surface area contributed by atoms with E-state index < -0.39 is 0 Å². The summed E-state index contributed by atoms with van der Waals surface area (Å²) in [4.78, 5) is 3.33. The van der Waals surface area contributed by atoms with Crippen LogP contribution in [0, 0.1) is 13.8 Å². The zero-order chi connectivity index (χ0) is 8.43. The van der Waals surface area contributed by atoms with Crippen molar-refractivity contribution in [2.24, 2.45) is 0 Å². The van der Waals surface area contributed by atoms with E-state index in [-0.39, 0.29) is 0 Å². The van der Waals surface area contributed by atoms with Crippen molar-refractivity contribution in [1.29, 1.82) is 0 Å². The van der Waals surface area contributed by atoms with Crippen LogP contribution in [0.4, 0.5) is 0 Å². The van der Waals surface area contributed by atoms with Crippen LogP contribution in [-0.4, -0.2) is 4.98 Å². The van der Waals surface area contributed by atoms with Gasteiger partial charge in [-0.1, -0.05) is 12.2 Å². The van der Waals surface area contributed by atoms with Gasteiger partial charge < -0.3 is 4.98 Å². The van der Waals surface area contributed by atoms with Gasteiger partial charge in [0.2, 0.25) is 0 Å². The molecule has 0 aliphatic carbocycles. The summed E-state index contributed by atoms with van der Waals surface area (Å²) in [5.74, 6) is 0. The van der Waals surface area contributed by atoms with E-state index in [1.165, 1.54) is 21.8 Å². The van der Waals surface area contributed by atoms with Gasteiger partial charge in [0.05, 0.1) is 0 Å². The number of aromatic amines is 1. The number of nitrogens with one attached hydrogen (secondary N) is 1. The fourth-order valence-corrected chi connectivity index (χ4v) is 1.37. The molecule has 60 valence electrons. The van der Waals surface area contributed by atoms with E-state index in [9.17, 15) is 0 Å². The second-order valence-electron chi connectivity index (χ2n) is 2.78.